The third kappa shape index (κ3) is 5.06. The van der Waals surface area contributed by atoms with E-state index >= 15 is 0 Å². The van der Waals surface area contributed by atoms with Crippen molar-refractivity contribution in [3.63, 3.8) is 0 Å². The molecule has 0 saturated heterocycles. The highest BCUT2D eigenvalue weighted by Crippen LogP contribution is 2.15. The Morgan fingerprint density at radius 2 is 1.64 bits per heavy atom. The van der Waals surface area contributed by atoms with E-state index in [1.54, 1.807) is 11.1 Å². The van der Waals surface area contributed by atoms with Gasteiger partial charge in [-0.25, -0.2) is 0 Å². The van der Waals surface area contributed by atoms with Gasteiger partial charge >= 0.3 is 0 Å². The fraction of sp³-hybridized carbons (Fsp3) is 0.818. The molecule has 0 aromatic rings. The zero-order valence-corrected chi connectivity index (χ0v) is 8.70. The van der Waals surface area contributed by atoms with Gasteiger partial charge in [-0.2, -0.15) is 0 Å². The minimum atomic E-state index is 0.842. The average Bonchev–Trinajstić information content (AvgIpc) is 1.98. The summed E-state index contributed by atoms with van der Waals surface area (Å²) in [5.74, 6) is 0.842. The van der Waals surface area contributed by atoms with E-state index in [-0.39, 0.29) is 0 Å². The molecule has 0 unspecified atom stereocenters. The van der Waals surface area contributed by atoms with Crippen molar-refractivity contribution in [1.82, 2.24) is 0 Å². The summed E-state index contributed by atoms with van der Waals surface area (Å²) in [6.45, 7) is 11.3. The van der Waals surface area contributed by atoms with Crippen molar-refractivity contribution in [2.75, 3.05) is 0 Å². The minimum Gasteiger partial charge on any atom is -0.0747 e. The summed E-state index contributed by atoms with van der Waals surface area (Å²) in [5, 5.41) is 0. The van der Waals surface area contributed by atoms with Gasteiger partial charge in [0.05, 0.1) is 0 Å². The first-order valence-electron chi connectivity index (χ1n) is 4.73. The van der Waals surface area contributed by atoms with E-state index in [0.717, 1.165) is 5.92 Å². The summed E-state index contributed by atoms with van der Waals surface area (Å²) in [6.07, 6.45) is 3.84. The van der Waals surface area contributed by atoms with Crippen LogP contribution in [0.15, 0.2) is 11.1 Å². The molecule has 0 aromatic carbocycles. The molecule has 0 rings (SSSR count). The molecule has 0 amide bonds. The van der Waals surface area contributed by atoms with Crippen molar-refractivity contribution >= 4 is 0 Å². The minimum absolute atomic E-state index is 0.842. The zero-order valence-electron chi connectivity index (χ0n) is 8.70. The molecule has 0 heteroatoms. The molecule has 0 bridgehead atoms. The standard InChI is InChI=1S/C11H22/c1-6-10(4)11(5)8-7-9(2)3/h9H,6-8H2,1-5H3. The van der Waals surface area contributed by atoms with Gasteiger partial charge in [0.2, 0.25) is 0 Å². The van der Waals surface area contributed by atoms with Crippen LogP contribution >= 0.6 is 0 Å². The third-order valence-corrected chi connectivity index (χ3v) is 2.36. The first-order chi connectivity index (χ1) is 5.07. The van der Waals surface area contributed by atoms with Crippen molar-refractivity contribution in [3.05, 3.63) is 11.1 Å². The largest absolute Gasteiger partial charge is 0.0747 e. The van der Waals surface area contributed by atoms with Crippen LogP contribution in [0.3, 0.4) is 0 Å². The molecule has 0 aromatic heterocycles. The summed E-state index contributed by atoms with van der Waals surface area (Å²) in [4.78, 5) is 0. The molecule has 0 heterocycles. The van der Waals surface area contributed by atoms with Crippen LogP contribution in [-0.4, -0.2) is 0 Å². The topological polar surface area (TPSA) is 0 Å². The molecule has 0 radical (unpaired) electrons. The quantitative estimate of drug-likeness (QED) is 0.533. The monoisotopic (exact) mass is 154 g/mol. The smallest absolute Gasteiger partial charge is 0.0318 e. The summed E-state index contributed by atoms with van der Waals surface area (Å²) >= 11 is 0. The van der Waals surface area contributed by atoms with Crippen LogP contribution in [0.4, 0.5) is 0 Å². The SMILES string of the molecule is CCC(C)=C(C)CCC(C)C. The molecule has 0 spiro atoms. The van der Waals surface area contributed by atoms with Crippen LogP contribution in [0.1, 0.15) is 53.9 Å². The van der Waals surface area contributed by atoms with Crippen molar-refractivity contribution in [2.24, 2.45) is 5.92 Å². The molecular formula is C11H22. The van der Waals surface area contributed by atoms with E-state index in [2.05, 4.69) is 34.6 Å². The lowest BCUT2D eigenvalue weighted by Crippen LogP contribution is -1.89. The maximum Gasteiger partial charge on any atom is -0.0318 e. The van der Waals surface area contributed by atoms with Gasteiger partial charge in [-0.05, 0) is 39.0 Å². The first-order valence-corrected chi connectivity index (χ1v) is 4.73. The lowest BCUT2D eigenvalue weighted by molar-refractivity contribution is 0.582. The van der Waals surface area contributed by atoms with Crippen LogP contribution in [-0.2, 0) is 0 Å². The third-order valence-electron chi connectivity index (χ3n) is 2.36. The van der Waals surface area contributed by atoms with Crippen LogP contribution in [0, 0.1) is 5.92 Å². The average molecular weight is 154 g/mol. The molecule has 0 saturated carbocycles. The summed E-state index contributed by atoms with van der Waals surface area (Å²) < 4.78 is 0. The molecule has 0 aliphatic rings. The normalized spacial score (nSPS) is 13.6. The highest BCUT2D eigenvalue weighted by atomic mass is 14.0. The number of allylic oxidation sites excluding steroid dienone is 2. The van der Waals surface area contributed by atoms with Gasteiger partial charge in [-0.3, -0.25) is 0 Å². The van der Waals surface area contributed by atoms with Crippen LogP contribution in [0.2, 0.25) is 0 Å². The van der Waals surface area contributed by atoms with Gasteiger partial charge in [-0.1, -0.05) is 31.9 Å². The van der Waals surface area contributed by atoms with Crippen LogP contribution in [0.5, 0.6) is 0 Å². The second-order valence-electron chi connectivity index (χ2n) is 3.85. The predicted molar refractivity (Wildman–Crippen MR) is 52.7 cm³/mol. The van der Waals surface area contributed by atoms with E-state index in [0.29, 0.717) is 0 Å². The Kier molecular flexibility index (Phi) is 5.27. The van der Waals surface area contributed by atoms with E-state index < -0.39 is 0 Å². The molecular weight excluding hydrogens is 132 g/mol. The van der Waals surface area contributed by atoms with Crippen LogP contribution in [0.25, 0.3) is 0 Å². The molecule has 11 heavy (non-hydrogen) atoms. The predicted octanol–water partition coefficient (Wildman–Crippen LogP) is 4.17. The van der Waals surface area contributed by atoms with Crippen molar-refractivity contribution in [3.8, 4) is 0 Å². The Balaban J connectivity index is 3.76. The molecule has 0 aliphatic heterocycles. The van der Waals surface area contributed by atoms with Gasteiger partial charge in [0, 0.05) is 0 Å². The van der Waals surface area contributed by atoms with Gasteiger partial charge in [0.15, 0.2) is 0 Å². The van der Waals surface area contributed by atoms with E-state index in [1.165, 1.54) is 19.3 Å². The zero-order chi connectivity index (χ0) is 8.85. The maximum absolute atomic E-state index is 2.29. The molecule has 0 fully saturated rings. The Bertz CT molecular complexity index is 129. The van der Waals surface area contributed by atoms with Crippen LogP contribution < -0.4 is 0 Å². The van der Waals surface area contributed by atoms with E-state index in [4.69, 9.17) is 0 Å². The van der Waals surface area contributed by atoms with E-state index in [9.17, 15) is 0 Å². The number of rotatable bonds is 4. The van der Waals surface area contributed by atoms with E-state index in [1.807, 2.05) is 0 Å². The second kappa shape index (κ2) is 5.40. The molecule has 0 aliphatic carbocycles. The molecule has 0 N–H and O–H groups in total. The number of hydrogen-bond acceptors (Lipinski definition) is 0. The number of hydrogen-bond donors (Lipinski definition) is 0. The fourth-order valence-corrected chi connectivity index (χ4v) is 1.02. The molecule has 0 nitrogen and oxygen atoms in total. The molecule has 0 atom stereocenters. The van der Waals surface area contributed by atoms with Gasteiger partial charge < -0.3 is 0 Å². The first kappa shape index (κ1) is 10.7. The van der Waals surface area contributed by atoms with Gasteiger partial charge in [0.25, 0.3) is 0 Å². The summed E-state index contributed by atoms with van der Waals surface area (Å²) in [7, 11) is 0. The maximum atomic E-state index is 2.29. The summed E-state index contributed by atoms with van der Waals surface area (Å²) in [5.41, 5.74) is 3.17. The second-order valence-corrected chi connectivity index (χ2v) is 3.85. The Morgan fingerprint density at radius 3 is 2.00 bits per heavy atom. The summed E-state index contributed by atoms with van der Waals surface area (Å²) in [6, 6.07) is 0. The Hall–Kier alpha value is -0.260. The highest BCUT2D eigenvalue weighted by molar-refractivity contribution is 5.08. The van der Waals surface area contributed by atoms with Gasteiger partial charge in [0.1, 0.15) is 0 Å². The Morgan fingerprint density at radius 1 is 1.09 bits per heavy atom. The highest BCUT2D eigenvalue weighted by Gasteiger charge is 1.97. The van der Waals surface area contributed by atoms with Crippen molar-refractivity contribution < 1.29 is 0 Å². The lowest BCUT2D eigenvalue weighted by atomic mass is 9.99. The van der Waals surface area contributed by atoms with Crippen molar-refractivity contribution in [2.45, 2.75) is 53.9 Å². The van der Waals surface area contributed by atoms with Gasteiger partial charge in [-0.15, -0.1) is 0 Å². The fourth-order valence-electron chi connectivity index (χ4n) is 1.02. The van der Waals surface area contributed by atoms with Crippen molar-refractivity contribution in [1.29, 1.82) is 0 Å². The lowest BCUT2D eigenvalue weighted by Gasteiger charge is -2.07. The Labute approximate surface area is 71.7 Å². The molecule has 66 valence electrons.